The minimum atomic E-state index is -0.229. The number of aryl methyl sites for hydroxylation is 1. The van der Waals surface area contributed by atoms with Crippen molar-refractivity contribution in [1.29, 1.82) is 0 Å². The maximum Gasteiger partial charge on any atom is 0.251 e. The maximum absolute atomic E-state index is 12.7. The number of carbonyl (C=O) groups excluding carboxylic acids is 3. The molecule has 2 aromatic carbocycles. The Morgan fingerprint density at radius 1 is 1.03 bits per heavy atom. The van der Waals surface area contributed by atoms with Gasteiger partial charge in [-0.15, -0.1) is 0 Å². The lowest BCUT2D eigenvalue weighted by Crippen LogP contribution is -2.38. The summed E-state index contributed by atoms with van der Waals surface area (Å²) in [6.45, 7) is 2.78. The van der Waals surface area contributed by atoms with Gasteiger partial charge in [0.25, 0.3) is 5.91 Å². The van der Waals surface area contributed by atoms with Gasteiger partial charge in [0, 0.05) is 30.1 Å². The first-order valence-electron chi connectivity index (χ1n) is 11.7. The van der Waals surface area contributed by atoms with Crippen molar-refractivity contribution in [1.82, 2.24) is 5.32 Å². The molecule has 0 atom stereocenters. The number of fused-ring (bicyclic) bond motifs is 1. The first-order valence-corrected chi connectivity index (χ1v) is 11.7. The molecule has 0 unspecified atom stereocenters. The van der Waals surface area contributed by atoms with Crippen LogP contribution in [0.3, 0.4) is 0 Å². The molecule has 1 fully saturated rings. The van der Waals surface area contributed by atoms with Gasteiger partial charge in [-0.2, -0.15) is 0 Å². The summed E-state index contributed by atoms with van der Waals surface area (Å²) >= 11 is 0. The van der Waals surface area contributed by atoms with Crippen molar-refractivity contribution in [2.75, 3.05) is 23.4 Å². The molecule has 2 N–H and O–H groups in total. The Morgan fingerprint density at radius 2 is 1.82 bits per heavy atom. The highest BCUT2D eigenvalue weighted by atomic mass is 16.5. The third-order valence-electron chi connectivity index (χ3n) is 6.30. The van der Waals surface area contributed by atoms with E-state index in [0.717, 1.165) is 36.9 Å². The Hall–Kier alpha value is -3.35. The Kier molecular flexibility index (Phi) is 7.27. The number of anilines is 2. The molecule has 0 saturated heterocycles. The summed E-state index contributed by atoms with van der Waals surface area (Å²) in [4.78, 5) is 39.4. The first-order chi connectivity index (χ1) is 16.0. The van der Waals surface area contributed by atoms with Gasteiger partial charge in [-0.25, -0.2) is 0 Å². The SMILES string of the molecule is Cc1cc(C(=O)NC2CCCCC2)ccc1NC(=O)CCC(=O)N1CCOc2ccccc21. The molecular weight excluding hydrogens is 418 g/mol. The number of nitrogens with one attached hydrogen (secondary N) is 2. The van der Waals surface area contributed by atoms with Crippen molar-refractivity contribution in [3.63, 3.8) is 0 Å². The molecule has 174 valence electrons. The Balaban J connectivity index is 1.29. The van der Waals surface area contributed by atoms with Crippen LogP contribution in [-0.2, 0) is 9.59 Å². The molecular formula is C26H31N3O4. The first kappa shape index (κ1) is 22.8. The van der Waals surface area contributed by atoms with E-state index in [1.807, 2.05) is 31.2 Å². The Bertz CT molecular complexity index is 1030. The summed E-state index contributed by atoms with van der Waals surface area (Å²) in [5.41, 5.74) is 2.80. The van der Waals surface area contributed by atoms with Gasteiger partial charge in [0.1, 0.15) is 12.4 Å². The molecule has 0 aromatic heterocycles. The fraction of sp³-hybridized carbons (Fsp3) is 0.423. The van der Waals surface area contributed by atoms with Crippen molar-refractivity contribution in [3.05, 3.63) is 53.6 Å². The van der Waals surface area contributed by atoms with E-state index in [1.54, 1.807) is 23.1 Å². The fourth-order valence-corrected chi connectivity index (χ4v) is 4.46. The molecule has 33 heavy (non-hydrogen) atoms. The predicted molar refractivity (Wildman–Crippen MR) is 128 cm³/mol. The van der Waals surface area contributed by atoms with E-state index in [-0.39, 0.29) is 36.6 Å². The third kappa shape index (κ3) is 5.72. The lowest BCUT2D eigenvalue weighted by molar-refractivity contribution is -0.122. The van der Waals surface area contributed by atoms with Crippen LogP contribution in [0.5, 0.6) is 5.75 Å². The standard InChI is InChI=1S/C26H31N3O4/c1-18-17-19(26(32)27-20-7-3-2-4-8-20)11-12-21(18)28-24(30)13-14-25(31)29-15-16-33-23-10-6-5-9-22(23)29/h5-6,9-12,17,20H,2-4,7-8,13-16H2,1H3,(H,27,32)(H,28,30). The van der Waals surface area contributed by atoms with Crippen LogP contribution in [-0.4, -0.2) is 36.9 Å². The van der Waals surface area contributed by atoms with Crippen LogP contribution in [0.25, 0.3) is 0 Å². The summed E-state index contributed by atoms with van der Waals surface area (Å²) in [6.07, 6.45) is 5.83. The van der Waals surface area contributed by atoms with E-state index in [0.29, 0.717) is 30.2 Å². The average molecular weight is 450 g/mol. The maximum atomic E-state index is 12.7. The van der Waals surface area contributed by atoms with Crippen molar-refractivity contribution >= 4 is 29.1 Å². The molecule has 2 aromatic rings. The van der Waals surface area contributed by atoms with Gasteiger partial charge in [-0.05, 0) is 55.7 Å². The topological polar surface area (TPSA) is 87.7 Å². The molecule has 7 nitrogen and oxygen atoms in total. The van der Waals surface area contributed by atoms with E-state index in [4.69, 9.17) is 4.74 Å². The normalized spacial score (nSPS) is 15.8. The van der Waals surface area contributed by atoms with E-state index in [9.17, 15) is 14.4 Å². The monoisotopic (exact) mass is 449 g/mol. The van der Waals surface area contributed by atoms with Crippen molar-refractivity contribution in [2.24, 2.45) is 0 Å². The largest absolute Gasteiger partial charge is 0.490 e. The number of amides is 3. The minimum absolute atomic E-state index is 0.0701. The van der Waals surface area contributed by atoms with Crippen LogP contribution in [0.2, 0.25) is 0 Å². The molecule has 2 aliphatic rings. The molecule has 1 heterocycles. The van der Waals surface area contributed by atoms with E-state index in [2.05, 4.69) is 10.6 Å². The van der Waals surface area contributed by atoms with Crippen molar-refractivity contribution < 1.29 is 19.1 Å². The molecule has 1 saturated carbocycles. The number of hydrogen-bond acceptors (Lipinski definition) is 4. The number of hydrogen-bond donors (Lipinski definition) is 2. The smallest absolute Gasteiger partial charge is 0.251 e. The quantitative estimate of drug-likeness (QED) is 0.692. The highest BCUT2D eigenvalue weighted by molar-refractivity contribution is 6.00. The zero-order valence-corrected chi connectivity index (χ0v) is 19.1. The summed E-state index contributed by atoms with van der Waals surface area (Å²) in [5, 5.41) is 5.99. The molecule has 7 heteroatoms. The summed E-state index contributed by atoms with van der Waals surface area (Å²) in [6, 6.07) is 13.0. The van der Waals surface area contributed by atoms with Crippen LogP contribution in [0.1, 0.15) is 60.9 Å². The molecule has 4 rings (SSSR count). The van der Waals surface area contributed by atoms with Gasteiger partial charge >= 0.3 is 0 Å². The lowest BCUT2D eigenvalue weighted by Gasteiger charge is -2.29. The Labute approximate surface area is 194 Å². The molecule has 0 spiro atoms. The molecule has 0 radical (unpaired) electrons. The predicted octanol–water partition coefficient (Wildman–Crippen LogP) is 4.20. The van der Waals surface area contributed by atoms with Gasteiger partial charge in [-0.3, -0.25) is 14.4 Å². The molecule has 0 bridgehead atoms. The molecule has 3 amide bonds. The second-order valence-corrected chi connectivity index (χ2v) is 8.75. The second kappa shape index (κ2) is 10.5. The average Bonchev–Trinajstić information content (AvgIpc) is 2.84. The number of carbonyl (C=O) groups is 3. The van der Waals surface area contributed by atoms with Crippen LogP contribution in [0.15, 0.2) is 42.5 Å². The third-order valence-corrected chi connectivity index (χ3v) is 6.30. The summed E-state index contributed by atoms with van der Waals surface area (Å²) in [7, 11) is 0. The van der Waals surface area contributed by atoms with E-state index in [1.165, 1.54) is 6.42 Å². The van der Waals surface area contributed by atoms with Gasteiger partial charge in [0.15, 0.2) is 0 Å². The number of benzene rings is 2. The van der Waals surface area contributed by atoms with Crippen LogP contribution in [0, 0.1) is 6.92 Å². The summed E-state index contributed by atoms with van der Waals surface area (Å²) in [5.74, 6) is 0.281. The van der Waals surface area contributed by atoms with Gasteiger partial charge in [0.2, 0.25) is 11.8 Å². The zero-order chi connectivity index (χ0) is 23.2. The number of nitrogens with zero attached hydrogens (tertiary/aromatic N) is 1. The number of rotatable bonds is 6. The molecule has 1 aliphatic heterocycles. The number of ether oxygens (including phenoxy) is 1. The van der Waals surface area contributed by atoms with E-state index < -0.39 is 0 Å². The minimum Gasteiger partial charge on any atom is -0.490 e. The van der Waals surface area contributed by atoms with Crippen molar-refractivity contribution in [3.8, 4) is 5.75 Å². The lowest BCUT2D eigenvalue weighted by atomic mass is 9.95. The second-order valence-electron chi connectivity index (χ2n) is 8.75. The fourth-order valence-electron chi connectivity index (χ4n) is 4.46. The van der Waals surface area contributed by atoms with Gasteiger partial charge < -0.3 is 20.3 Å². The van der Waals surface area contributed by atoms with Crippen LogP contribution < -0.4 is 20.3 Å². The molecule has 1 aliphatic carbocycles. The van der Waals surface area contributed by atoms with Gasteiger partial charge in [0.05, 0.1) is 12.2 Å². The van der Waals surface area contributed by atoms with Crippen LogP contribution in [0.4, 0.5) is 11.4 Å². The zero-order valence-electron chi connectivity index (χ0n) is 19.1. The number of para-hydroxylation sites is 2. The van der Waals surface area contributed by atoms with Crippen molar-refractivity contribution in [2.45, 2.75) is 57.9 Å². The highest BCUT2D eigenvalue weighted by Crippen LogP contribution is 2.31. The van der Waals surface area contributed by atoms with Gasteiger partial charge in [-0.1, -0.05) is 31.4 Å². The van der Waals surface area contributed by atoms with E-state index >= 15 is 0 Å². The van der Waals surface area contributed by atoms with Crippen LogP contribution >= 0.6 is 0 Å². The summed E-state index contributed by atoms with van der Waals surface area (Å²) < 4.78 is 5.59. The Morgan fingerprint density at radius 3 is 2.61 bits per heavy atom. The highest BCUT2D eigenvalue weighted by Gasteiger charge is 2.23.